The van der Waals surface area contributed by atoms with Gasteiger partial charge in [-0.3, -0.25) is 0 Å². The number of halogens is 2. The topological polar surface area (TPSA) is 84.1 Å². The lowest BCUT2D eigenvalue weighted by Crippen LogP contribution is -2.15. The van der Waals surface area contributed by atoms with Gasteiger partial charge in [-0.25, -0.2) is 4.98 Å². The average Bonchev–Trinajstić information content (AvgIpc) is 2.97. The van der Waals surface area contributed by atoms with Crippen LogP contribution in [0.4, 0.5) is 0 Å². The predicted octanol–water partition coefficient (Wildman–Crippen LogP) is 1.83. The van der Waals surface area contributed by atoms with Gasteiger partial charge in [-0.05, 0) is 12.5 Å². The van der Waals surface area contributed by atoms with E-state index in [1.807, 2.05) is 0 Å². The number of aromatic nitrogens is 3. The minimum atomic E-state index is -0.391. The Morgan fingerprint density at radius 1 is 1.42 bits per heavy atom. The summed E-state index contributed by atoms with van der Waals surface area (Å²) in [6.07, 6.45) is 1.62. The fraction of sp³-hybridized carbons (Fsp3) is 0.364. The molecule has 0 bridgehead atoms. The summed E-state index contributed by atoms with van der Waals surface area (Å²) in [5.74, 6) is 0.722. The first kappa shape index (κ1) is 12.8. The number of rotatable bonds is 2. The second kappa shape index (κ2) is 5.05. The molecular formula is C11H10Cl2N4O2. The summed E-state index contributed by atoms with van der Waals surface area (Å²) in [4.78, 5) is 8.33. The Kier molecular flexibility index (Phi) is 3.40. The van der Waals surface area contributed by atoms with Crippen molar-refractivity contribution in [1.82, 2.24) is 20.4 Å². The molecule has 0 saturated carbocycles. The van der Waals surface area contributed by atoms with Crippen LogP contribution in [0.5, 0.6) is 0 Å². The van der Waals surface area contributed by atoms with Crippen LogP contribution in [0.2, 0.25) is 10.0 Å². The van der Waals surface area contributed by atoms with Gasteiger partial charge in [-0.15, -0.1) is 0 Å². The summed E-state index contributed by atoms with van der Waals surface area (Å²) in [5.41, 5.74) is 0.416. The number of hydrogen-bond donors (Lipinski definition) is 2. The summed E-state index contributed by atoms with van der Waals surface area (Å²) in [5, 5.41) is 17.2. The number of β-amino-alcohol motifs (C(OH)–C–C–N with tert-alkyl or cyclic N) is 1. The molecule has 100 valence electrons. The summed E-state index contributed by atoms with van der Waals surface area (Å²) in [6.45, 7) is 0.516. The predicted molar refractivity (Wildman–Crippen MR) is 68.9 cm³/mol. The average molecular weight is 301 g/mol. The monoisotopic (exact) mass is 300 g/mol. The van der Waals surface area contributed by atoms with Gasteiger partial charge in [0.25, 0.3) is 0 Å². The van der Waals surface area contributed by atoms with Gasteiger partial charge < -0.3 is 14.9 Å². The van der Waals surface area contributed by atoms with E-state index >= 15 is 0 Å². The molecule has 3 rings (SSSR count). The summed E-state index contributed by atoms with van der Waals surface area (Å²) in [6, 6.07) is 1.43. The van der Waals surface area contributed by atoms with E-state index in [1.165, 1.54) is 6.20 Å². The molecule has 2 N–H and O–H groups in total. The SMILES string of the molecule is OC1CNC(c2nc(-c3ncc(Cl)cc3Cl)no2)C1. The first-order chi connectivity index (χ1) is 9.13. The number of nitrogens with zero attached hydrogens (tertiary/aromatic N) is 3. The molecule has 19 heavy (non-hydrogen) atoms. The maximum absolute atomic E-state index is 9.46. The molecule has 3 heterocycles. The fourth-order valence-electron chi connectivity index (χ4n) is 1.96. The van der Waals surface area contributed by atoms with E-state index in [-0.39, 0.29) is 6.04 Å². The normalized spacial score (nSPS) is 22.9. The van der Waals surface area contributed by atoms with Gasteiger partial charge in [0, 0.05) is 12.7 Å². The zero-order valence-corrected chi connectivity index (χ0v) is 11.2. The molecule has 0 amide bonds. The minimum Gasteiger partial charge on any atom is -0.392 e. The van der Waals surface area contributed by atoms with E-state index in [4.69, 9.17) is 27.7 Å². The van der Waals surface area contributed by atoms with E-state index in [0.29, 0.717) is 40.4 Å². The van der Waals surface area contributed by atoms with Gasteiger partial charge in [-0.2, -0.15) is 4.98 Å². The van der Waals surface area contributed by atoms with Gasteiger partial charge in [0.2, 0.25) is 11.7 Å². The lowest BCUT2D eigenvalue weighted by atomic mass is 10.2. The third-order valence-corrected chi connectivity index (χ3v) is 3.36. The van der Waals surface area contributed by atoms with Crippen molar-refractivity contribution in [2.24, 2.45) is 0 Å². The quantitative estimate of drug-likeness (QED) is 0.880. The highest BCUT2D eigenvalue weighted by Crippen LogP contribution is 2.28. The molecule has 0 spiro atoms. The van der Waals surface area contributed by atoms with Crippen molar-refractivity contribution in [3.63, 3.8) is 0 Å². The molecule has 8 heteroatoms. The molecule has 1 fully saturated rings. The Bertz CT molecular complexity index is 604. The largest absolute Gasteiger partial charge is 0.392 e. The zero-order chi connectivity index (χ0) is 13.4. The minimum absolute atomic E-state index is 0.137. The molecule has 1 aliphatic rings. The second-order valence-electron chi connectivity index (χ2n) is 4.29. The van der Waals surface area contributed by atoms with Gasteiger partial charge in [0.05, 0.1) is 22.2 Å². The molecule has 2 aromatic rings. The van der Waals surface area contributed by atoms with Crippen molar-refractivity contribution in [3.8, 4) is 11.5 Å². The van der Waals surface area contributed by atoms with E-state index in [1.54, 1.807) is 6.07 Å². The molecule has 2 atom stereocenters. The van der Waals surface area contributed by atoms with Crippen molar-refractivity contribution in [2.75, 3.05) is 6.54 Å². The maximum Gasteiger partial charge on any atom is 0.244 e. The second-order valence-corrected chi connectivity index (χ2v) is 5.13. The summed E-state index contributed by atoms with van der Waals surface area (Å²) in [7, 11) is 0. The molecule has 2 unspecified atom stereocenters. The first-order valence-corrected chi connectivity index (χ1v) is 6.45. The number of aliphatic hydroxyl groups excluding tert-OH is 1. The highest BCUT2D eigenvalue weighted by Gasteiger charge is 2.28. The van der Waals surface area contributed by atoms with Crippen LogP contribution in [-0.2, 0) is 0 Å². The molecule has 6 nitrogen and oxygen atoms in total. The van der Waals surface area contributed by atoms with Crippen LogP contribution in [0.15, 0.2) is 16.8 Å². The third kappa shape index (κ3) is 2.57. The molecule has 1 saturated heterocycles. The first-order valence-electron chi connectivity index (χ1n) is 5.70. The van der Waals surface area contributed by atoms with Crippen LogP contribution in [0.1, 0.15) is 18.4 Å². The molecule has 0 aromatic carbocycles. The zero-order valence-electron chi connectivity index (χ0n) is 9.68. The number of nitrogens with one attached hydrogen (secondary N) is 1. The van der Waals surface area contributed by atoms with Crippen LogP contribution in [0.25, 0.3) is 11.5 Å². The molecule has 0 radical (unpaired) electrons. The highest BCUT2D eigenvalue weighted by atomic mass is 35.5. The van der Waals surface area contributed by atoms with Gasteiger partial charge in [-0.1, -0.05) is 28.4 Å². The lowest BCUT2D eigenvalue weighted by molar-refractivity contribution is 0.191. The molecule has 2 aromatic heterocycles. The van der Waals surface area contributed by atoms with Gasteiger partial charge >= 0.3 is 0 Å². The van der Waals surface area contributed by atoms with Crippen molar-refractivity contribution >= 4 is 23.2 Å². The molecule has 1 aliphatic heterocycles. The Balaban J connectivity index is 1.88. The van der Waals surface area contributed by atoms with Crippen LogP contribution >= 0.6 is 23.2 Å². The Labute approximate surface area is 118 Å². The highest BCUT2D eigenvalue weighted by molar-refractivity contribution is 6.35. The van der Waals surface area contributed by atoms with Crippen molar-refractivity contribution < 1.29 is 9.63 Å². The standard InChI is InChI=1S/C11H10Cl2N4O2/c12-5-1-7(13)9(15-3-5)10-16-11(19-17-10)8-2-6(18)4-14-8/h1,3,6,8,14,18H,2,4H2. The Hall–Kier alpha value is -1.21. The van der Waals surface area contributed by atoms with E-state index in [9.17, 15) is 5.11 Å². The maximum atomic E-state index is 9.46. The van der Waals surface area contributed by atoms with Crippen LogP contribution in [-0.4, -0.2) is 32.9 Å². The Morgan fingerprint density at radius 2 is 2.26 bits per heavy atom. The Morgan fingerprint density at radius 3 is 2.95 bits per heavy atom. The number of hydrogen-bond acceptors (Lipinski definition) is 6. The van der Waals surface area contributed by atoms with Crippen molar-refractivity contribution in [1.29, 1.82) is 0 Å². The van der Waals surface area contributed by atoms with Gasteiger partial charge in [0.15, 0.2) is 0 Å². The lowest BCUT2D eigenvalue weighted by Gasteiger charge is -2.01. The van der Waals surface area contributed by atoms with E-state index in [2.05, 4.69) is 20.4 Å². The summed E-state index contributed by atoms with van der Waals surface area (Å²) < 4.78 is 5.17. The van der Waals surface area contributed by atoms with E-state index < -0.39 is 6.10 Å². The van der Waals surface area contributed by atoms with E-state index in [0.717, 1.165) is 0 Å². The van der Waals surface area contributed by atoms with Crippen LogP contribution < -0.4 is 5.32 Å². The van der Waals surface area contributed by atoms with Crippen LogP contribution in [0, 0.1) is 0 Å². The van der Waals surface area contributed by atoms with Crippen molar-refractivity contribution in [3.05, 3.63) is 28.2 Å². The number of aliphatic hydroxyl groups is 1. The molecule has 0 aliphatic carbocycles. The third-order valence-electron chi connectivity index (χ3n) is 2.87. The fourth-order valence-corrected chi connectivity index (χ4v) is 2.42. The summed E-state index contributed by atoms with van der Waals surface area (Å²) >= 11 is 11.8. The number of pyridine rings is 1. The van der Waals surface area contributed by atoms with Gasteiger partial charge in [0.1, 0.15) is 5.69 Å². The van der Waals surface area contributed by atoms with Crippen LogP contribution in [0.3, 0.4) is 0 Å². The smallest absolute Gasteiger partial charge is 0.244 e. The van der Waals surface area contributed by atoms with Crippen molar-refractivity contribution in [2.45, 2.75) is 18.6 Å². The molecular weight excluding hydrogens is 291 g/mol.